The van der Waals surface area contributed by atoms with Crippen LogP contribution in [0.4, 0.5) is 4.79 Å². The maximum Gasteiger partial charge on any atom is 0.410 e. The minimum atomic E-state index is -0.439. The summed E-state index contributed by atoms with van der Waals surface area (Å²) < 4.78 is 5.43. The van der Waals surface area contributed by atoms with Gasteiger partial charge >= 0.3 is 6.09 Å². The molecule has 0 aromatic rings. The normalized spacial score (nSPS) is 20.6. The van der Waals surface area contributed by atoms with Gasteiger partial charge in [0.05, 0.1) is 6.07 Å². The van der Waals surface area contributed by atoms with E-state index in [1.807, 2.05) is 25.7 Å². The summed E-state index contributed by atoms with van der Waals surface area (Å²) in [6.45, 7) is 11.2. The topological polar surface area (TPSA) is 56.6 Å². The molecule has 1 amide bonds. The van der Waals surface area contributed by atoms with Crippen LogP contribution in [0.5, 0.6) is 0 Å². The summed E-state index contributed by atoms with van der Waals surface area (Å²) in [4.78, 5) is 16.3. The summed E-state index contributed by atoms with van der Waals surface area (Å²) in [7, 11) is 0. The fraction of sp³-hybridized carbons (Fsp3) is 0.867. The molecule has 1 unspecified atom stereocenters. The highest BCUT2D eigenvalue weighted by atomic mass is 16.6. The first-order chi connectivity index (χ1) is 9.33. The summed E-state index contributed by atoms with van der Waals surface area (Å²) in [6.07, 6.45) is 2.42. The van der Waals surface area contributed by atoms with Crippen LogP contribution in [0, 0.1) is 11.3 Å². The molecule has 0 spiro atoms. The Balaban J connectivity index is 2.36. The number of amides is 1. The third-order valence-corrected chi connectivity index (χ3v) is 3.35. The molecule has 1 rings (SSSR count). The molecule has 0 aromatic heterocycles. The predicted molar refractivity (Wildman–Crippen MR) is 78.3 cm³/mol. The summed E-state index contributed by atoms with van der Waals surface area (Å²) in [5, 5.41) is 8.51. The van der Waals surface area contributed by atoms with Gasteiger partial charge in [-0.3, -0.25) is 4.90 Å². The number of hydrogen-bond acceptors (Lipinski definition) is 4. The van der Waals surface area contributed by atoms with Gasteiger partial charge in [-0.15, -0.1) is 0 Å². The fourth-order valence-corrected chi connectivity index (χ4v) is 2.37. The van der Waals surface area contributed by atoms with Gasteiger partial charge in [0, 0.05) is 32.1 Å². The number of nitrogens with zero attached hydrogens (tertiary/aromatic N) is 3. The molecule has 1 saturated heterocycles. The van der Waals surface area contributed by atoms with Gasteiger partial charge in [0.2, 0.25) is 0 Å². The molecule has 5 heteroatoms. The Morgan fingerprint density at radius 3 is 2.60 bits per heavy atom. The fourth-order valence-electron chi connectivity index (χ4n) is 2.37. The Bertz CT molecular complexity index is 357. The van der Waals surface area contributed by atoms with E-state index in [4.69, 9.17) is 10.00 Å². The molecular weight excluding hydrogens is 254 g/mol. The zero-order valence-corrected chi connectivity index (χ0v) is 13.2. The Morgan fingerprint density at radius 1 is 1.35 bits per heavy atom. The van der Waals surface area contributed by atoms with E-state index in [9.17, 15) is 4.79 Å². The quantitative estimate of drug-likeness (QED) is 0.743. The molecule has 1 aliphatic heterocycles. The maximum atomic E-state index is 12.1. The van der Waals surface area contributed by atoms with Crippen molar-refractivity contribution in [2.45, 2.75) is 58.6 Å². The second kappa shape index (κ2) is 7.49. The highest BCUT2D eigenvalue weighted by molar-refractivity contribution is 5.68. The van der Waals surface area contributed by atoms with Crippen molar-refractivity contribution in [3.63, 3.8) is 0 Å². The number of hydrogen-bond donors (Lipinski definition) is 0. The number of nitriles is 1. The standard InChI is InChI=1S/C15H27N3O2/c1-13-12-17(9-7-5-6-8-16)10-11-18(13)14(19)20-15(2,3)4/h13H,5-7,9-12H2,1-4H3. The number of ether oxygens (including phenoxy) is 1. The minimum Gasteiger partial charge on any atom is -0.444 e. The van der Waals surface area contributed by atoms with Crippen molar-refractivity contribution in [1.29, 1.82) is 5.26 Å². The van der Waals surface area contributed by atoms with Gasteiger partial charge < -0.3 is 9.64 Å². The first-order valence-electron chi connectivity index (χ1n) is 7.42. The molecule has 5 nitrogen and oxygen atoms in total. The van der Waals surface area contributed by atoms with Gasteiger partial charge in [-0.1, -0.05) is 0 Å². The number of carbonyl (C=O) groups is 1. The van der Waals surface area contributed by atoms with Gasteiger partial charge in [0.25, 0.3) is 0 Å². The number of rotatable bonds is 4. The summed E-state index contributed by atoms with van der Waals surface area (Å²) >= 11 is 0. The molecule has 1 fully saturated rings. The average molecular weight is 281 g/mol. The third-order valence-electron chi connectivity index (χ3n) is 3.35. The lowest BCUT2D eigenvalue weighted by molar-refractivity contribution is 0.00136. The van der Waals surface area contributed by atoms with Crippen LogP contribution in [-0.2, 0) is 4.74 Å². The van der Waals surface area contributed by atoms with Crippen LogP contribution in [0.3, 0.4) is 0 Å². The first kappa shape index (κ1) is 16.8. The highest BCUT2D eigenvalue weighted by Crippen LogP contribution is 2.16. The third kappa shape index (κ3) is 5.79. The van der Waals surface area contributed by atoms with E-state index >= 15 is 0 Å². The van der Waals surface area contributed by atoms with Gasteiger partial charge in [0.1, 0.15) is 5.60 Å². The molecule has 0 radical (unpaired) electrons. The zero-order chi connectivity index (χ0) is 15.2. The van der Waals surface area contributed by atoms with Crippen LogP contribution in [0.15, 0.2) is 0 Å². The van der Waals surface area contributed by atoms with E-state index in [0.29, 0.717) is 13.0 Å². The van der Waals surface area contributed by atoms with Crippen LogP contribution in [-0.4, -0.2) is 53.7 Å². The Kier molecular flexibility index (Phi) is 6.28. The van der Waals surface area contributed by atoms with Crippen molar-refractivity contribution in [3.8, 4) is 6.07 Å². The lowest BCUT2D eigenvalue weighted by Gasteiger charge is -2.40. The van der Waals surface area contributed by atoms with E-state index in [0.717, 1.165) is 32.5 Å². The van der Waals surface area contributed by atoms with Crippen molar-refractivity contribution in [1.82, 2.24) is 9.80 Å². The molecule has 0 aromatic carbocycles. The second-order valence-corrected chi connectivity index (χ2v) is 6.44. The van der Waals surface area contributed by atoms with Crippen molar-refractivity contribution < 1.29 is 9.53 Å². The highest BCUT2D eigenvalue weighted by Gasteiger charge is 2.30. The Hall–Kier alpha value is -1.28. The molecule has 0 bridgehead atoms. The van der Waals surface area contributed by atoms with Gasteiger partial charge in [0.15, 0.2) is 0 Å². The molecule has 114 valence electrons. The smallest absolute Gasteiger partial charge is 0.410 e. The van der Waals surface area contributed by atoms with Crippen molar-refractivity contribution in [2.24, 2.45) is 0 Å². The summed E-state index contributed by atoms with van der Waals surface area (Å²) in [6, 6.07) is 2.35. The number of unbranched alkanes of at least 4 members (excludes halogenated alkanes) is 2. The van der Waals surface area contributed by atoms with Crippen molar-refractivity contribution in [3.05, 3.63) is 0 Å². The lowest BCUT2D eigenvalue weighted by Crippen LogP contribution is -2.55. The van der Waals surface area contributed by atoms with E-state index in [1.165, 1.54) is 0 Å². The van der Waals surface area contributed by atoms with E-state index < -0.39 is 5.60 Å². The molecule has 1 heterocycles. The monoisotopic (exact) mass is 281 g/mol. The van der Waals surface area contributed by atoms with Gasteiger partial charge in [-0.05, 0) is 47.1 Å². The van der Waals surface area contributed by atoms with Crippen LogP contribution < -0.4 is 0 Å². The van der Waals surface area contributed by atoms with E-state index in [-0.39, 0.29) is 12.1 Å². The zero-order valence-electron chi connectivity index (χ0n) is 13.2. The van der Waals surface area contributed by atoms with Crippen LogP contribution in [0.25, 0.3) is 0 Å². The first-order valence-corrected chi connectivity index (χ1v) is 7.42. The van der Waals surface area contributed by atoms with Gasteiger partial charge in [-0.2, -0.15) is 5.26 Å². The number of piperazine rings is 1. The molecular formula is C15H27N3O2. The predicted octanol–water partition coefficient (Wildman–Crippen LogP) is 2.62. The SMILES string of the molecule is CC1CN(CCCCC#N)CCN1C(=O)OC(C)(C)C. The van der Waals surface area contributed by atoms with Gasteiger partial charge in [-0.25, -0.2) is 4.79 Å². The summed E-state index contributed by atoms with van der Waals surface area (Å²) in [5.74, 6) is 0. The van der Waals surface area contributed by atoms with Crippen LogP contribution in [0.1, 0.15) is 47.0 Å². The maximum absolute atomic E-state index is 12.1. The summed E-state index contributed by atoms with van der Waals surface area (Å²) in [5.41, 5.74) is -0.439. The molecule has 0 N–H and O–H groups in total. The van der Waals surface area contributed by atoms with E-state index in [2.05, 4.69) is 17.9 Å². The average Bonchev–Trinajstić information content (AvgIpc) is 2.32. The minimum absolute atomic E-state index is 0.176. The van der Waals surface area contributed by atoms with Crippen LogP contribution in [0.2, 0.25) is 0 Å². The van der Waals surface area contributed by atoms with Crippen molar-refractivity contribution >= 4 is 6.09 Å². The molecule has 20 heavy (non-hydrogen) atoms. The Morgan fingerprint density at radius 2 is 2.05 bits per heavy atom. The van der Waals surface area contributed by atoms with E-state index in [1.54, 1.807) is 0 Å². The second-order valence-electron chi connectivity index (χ2n) is 6.44. The van der Waals surface area contributed by atoms with Crippen LogP contribution >= 0.6 is 0 Å². The molecule has 0 saturated carbocycles. The lowest BCUT2D eigenvalue weighted by atomic mass is 10.1. The Labute approximate surface area is 122 Å². The molecule has 0 aliphatic carbocycles. The molecule has 1 aliphatic rings. The molecule has 1 atom stereocenters. The number of carbonyl (C=O) groups excluding carboxylic acids is 1. The largest absolute Gasteiger partial charge is 0.444 e. The van der Waals surface area contributed by atoms with Crippen molar-refractivity contribution in [2.75, 3.05) is 26.2 Å².